The van der Waals surface area contributed by atoms with Gasteiger partial charge in [0.05, 0.1) is 5.69 Å². The lowest BCUT2D eigenvalue weighted by atomic mass is 9.85. The van der Waals surface area contributed by atoms with E-state index in [1.807, 2.05) is 4.68 Å². The van der Waals surface area contributed by atoms with Crippen molar-refractivity contribution in [3.8, 4) is 39.3 Å². The number of hydrogen-bond acceptors (Lipinski definition) is 2. The SMILES string of the molecule is CCCc1nc(-c2ccc(C)cc2)n(-c2cc(-c3ccc(C(C)(C)C)cc3)cc(-c3ccc(C(C)(C)C)cc3)c2)n1. The lowest BCUT2D eigenvalue weighted by molar-refractivity contribution is 0.590. The number of benzene rings is 4. The van der Waals surface area contributed by atoms with Crippen molar-refractivity contribution in [1.29, 1.82) is 0 Å². The third kappa shape index (κ3) is 6.35. The van der Waals surface area contributed by atoms with Crippen LogP contribution >= 0.6 is 0 Å². The highest BCUT2D eigenvalue weighted by Crippen LogP contribution is 2.34. The Morgan fingerprint density at radius 2 is 1.05 bits per heavy atom. The van der Waals surface area contributed by atoms with Crippen LogP contribution in [0.4, 0.5) is 0 Å². The Hall–Kier alpha value is -3.98. The minimum absolute atomic E-state index is 0.111. The predicted octanol–water partition coefficient (Wildman–Crippen LogP) is 10.1. The van der Waals surface area contributed by atoms with Gasteiger partial charge in [0.1, 0.15) is 0 Å². The summed E-state index contributed by atoms with van der Waals surface area (Å²) in [6, 6.07) is 33.4. The molecule has 5 aromatic rings. The van der Waals surface area contributed by atoms with Gasteiger partial charge >= 0.3 is 0 Å². The van der Waals surface area contributed by atoms with Crippen molar-refractivity contribution in [2.24, 2.45) is 0 Å². The van der Waals surface area contributed by atoms with E-state index in [9.17, 15) is 0 Å². The summed E-state index contributed by atoms with van der Waals surface area (Å²) in [5, 5.41) is 5.04. The molecule has 4 aromatic carbocycles. The first-order valence-electron chi connectivity index (χ1n) is 14.8. The monoisotopic (exact) mass is 541 g/mol. The van der Waals surface area contributed by atoms with Gasteiger partial charge in [-0.2, -0.15) is 5.10 Å². The zero-order valence-electron chi connectivity index (χ0n) is 25.9. The molecule has 0 aliphatic carbocycles. The number of nitrogens with zero attached hydrogens (tertiary/aromatic N) is 3. The maximum absolute atomic E-state index is 5.04. The molecule has 0 unspecified atom stereocenters. The summed E-state index contributed by atoms with van der Waals surface area (Å²) in [6.45, 7) is 17.8. The van der Waals surface area contributed by atoms with Crippen LogP contribution in [-0.4, -0.2) is 14.8 Å². The third-order valence-electron chi connectivity index (χ3n) is 7.77. The van der Waals surface area contributed by atoms with Gasteiger partial charge in [-0.15, -0.1) is 0 Å². The Labute approximate surface area is 246 Å². The average Bonchev–Trinajstić information content (AvgIpc) is 3.36. The maximum atomic E-state index is 5.04. The molecule has 1 aromatic heterocycles. The summed E-state index contributed by atoms with van der Waals surface area (Å²) >= 11 is 0. The molecule has 1 heterocycles. The molecule has 210 valence electrons. The molecule has 3 nitrogen and oxygen atoms in total. The standard InChI is InChI=1S/C38H43N3/c1-9-10-35-39-36(29-13-11-26(2)12-14-29)41(40-35)34-24-30(27-15-19-32(20-16-27)37(3,4)5)23-31(25-34)28-17-21-33(22-18-28)38(6,7)8/h11-25H,9-10H2,1-8H3. The van der Waals surface area contributed by atoms with Gasteiger partial charge < -0.3 is 0 Å². The van der Waals surface area contributed by atoms with E-state index in [0.717, 1.165) is 35.7 Å². The van der Waals surface area contributed by atoms with Crippen molar-refractivity contribution in [3.63, 3.8) is 0 Å². The van der Waals surface area contributed by atoms with Crippen molar-refractivity contribution in [1.82, 2.24) is 14.8 Å². The lowest BCUT2D eigenvalue weighted by Gasteiger charge is -2.20. The van der Waals surface area contributed by atoms with Gasteiger partial charge in [-0.3, -0.25) is 0 Å². The number of hydrogen-bond donors (Lipinski definition) is 0. The molecule has 41 heavy (non-hydrogen) atoms. The highest BCUT2D eigenvalue weighted by atomic mass is 15.4. The van der Waals surface area contributed by atoms with Gasteiger partial charge in [-0.1, -0.05) is 127 Å². The van der Waals surface area contributed by atoms with Crippen LogP contribution in [0.1, 0.15) is 77.4 Å². The summed E-state index contributed by atoms with van der Waals surface area (Å²) in [5.41, 5.74) is 10.9. The second-order valence-corrected chi connectivity index (χ2v) is 13.3. The average molecular weight is 542 g/mol. The normalized spacial score (nSPS) is 12.1. The fourth-order valence-corrected chi connectivity index (χ4v) is 5.15. The Morgan fingerprint density at radius 3 is 1.49 bits per heavy atom. The van der Waals surface area contributed by atoms with E-state index in [4.69, 9.17) is 10.1 Å². The largest absolute Gasteiger partial charge is 0.213 e. The van der Waals surface area contributed by atoms with Crippen LogP contribution in [0.5, 0.6) is 0 Å². The first-order chi connectivity index (χ1) is 19.4. The Morgan fingerprint density at radius 1 is 0.585 bits per heavy atom. The van der Waals surface area contributed by atoms with Crippen molar-refractivity contribution >= 4 is 0 Å². The van der Waals surface area contributed by atoms with Crippen LogP contribution in [-0.2, 0) is 17.3 Å². The van der Waals surface area contributed by atoms with E-state index in [1.54, 1.807) is 0 Å². The molecule has 5 rings (SSSR count). The van der Waals surface area contributed by atoms with E-state index < -0.39 is 0 Å². The van der Waals surface area contributed by atoms with Crippen LogP contribution in [0.15, 0.2) is 91.0 Å². The van der Waals surface area contributed by atoms with E-state index in [2.05, 4.69) is 146 Å². The second kappa shape index (κ2) is 11.1. The van der Waals surface area contributed by atoms with Crippen LogP contribution < -0.4 is 0 Å². The fraction of sp³-hybridized carbons (Fsp3) is 0.316. The molecule has 0 aliphatic rings. The highest BCUT2D eigenvalue weighted by molar-refractivity contribution is 5.77. The highest BCUT2D eigenvalue weighted by Gasteiger charge is 2.18. The molecule has 0 saturated heterocycles. The first-order valence-corrected chi connectivity index (χ1v) is 14.8. The molecular formula is C38H43N3. The number of aromatic nitrogens is 3. The van der Waals surface area contributed by atoms with Crippen LogP contribution in [0.3, 0.4) is 0 Å². The zero-order valence-corrected chi connectivity index (χ0v) is 25.9. The summed E-state index contributed by atoms with van der Waals surface area (Å²) in [7, 11) is 0. The van der Waals surface area contributed by atoms with Gasteiger partial charge in [-0.25, -0.2) is 9.67 Å². The lowest BCUT2D eigenvalue weighted by Crippen LogP contribution is -2.10. The molecule has 0 radical (unpaired) electrons. The molecule has 0 bridgehead atoms. The van der Waals surface area contributed by atoms with Gasteiger partial charge in [0, 0.05) is 12.0 Å². The molecule has 0 atom stereocenters. The smallest absolute Gasteiger partial charge is 0.163 e. The molecule has 0 saturated carbocycles. The van der Waals surface area contributed by atoms with Crippen LogP contribution in [0.2, 0.25) is 0 Å². The maximum Gasteiger partial charge on any atom is 0.163 e. The topological polar surface area (TPSA) is 30.7 Å². The third-order valence-corrected chi connectivity index (χ3v) is 7.77. The van der Waals surface area contributed by atoms with Crippen molar-refractivity contribution in [3.05, 3.63) is 114 Å². The van der Waals surface area contributed by atoms with E-state index in [-0.39, 0.29) is 10.8 Å². The summed E-state index contributed by atoms with van der Waals surface area (Å²) in [5.74, 6) is 1.75. The van der Waals surface area contributed by atoms with Crippen molar-refractivity contribution in [2.75, 3.05) is 0 Å². The molecule has 0 amide bonds. The quantitative estimate of drug-likeness (QED) is 0.214. The predicted molar refractivity (Wildman–Crippen MR) is 174 cm³/mol. The zero-order chi connectivity index (χ0) is 29.4. The molecule has 0 spiro atoms. The Kier molecular flexibility index (Phi) is 7.74. The second-order valence-electron chi connectivity index (χ2n) is 13.3. The number of rotatable bonds is 6. The van der Waals surface area contributed by atoms with Gasteiger partial charge in [0.15, 0.2) is 11.6 Å². The van der Waals surface area contributed by atoms with E-state index in [1.165, 1.54) is 38.9 Å². The van der Waals surface area contributed by atoms with Crippen molar-refractivity contribution in [2.45, 2.75) is 79.1 Å². The molecule has 0 fully saturated rings. The van der Waals surface area contributed by atoms with Gasteiger partial charge in [0.25, 0.3) is 0 Å². The van der Waals surface area contributed by atoms with E-state index >= 15 is 0 Å². The Bertz CT molecular complexity index is 1550. The molecule has 0 aliphatic heterocycles. The van der Waals surface area contributed by atoms with Crippen LogP contribution in [0.25, 0.3) is 39.3 Å². The molecular weight excluding hydrogens is 498 g/mol. The fourth-order valence-electron chi connectivity index (χ4n) is 5.15. The Balaban J connectivity index is 1.69. The van der Waals surface area contributed by atoms with Gasteiger partial charge in [0.2, 0.25) is 0 Å². The summed E-state index contributed by atoms with van der Waals surface area (Å²) < 4.78 is 2.04. The number of aryl methyl sites for hydroxylation is 2. The van der Waals surface area contributed by atoms with E-state index in [0.29, 0.717) is 0 Å². The van der Waals surface area contributed by atoms with Crippen LogP contribution in [0, 0.1) is 6.92 Å². The molecule has 0 N–H and O–H groups in total. The summed E-state index contributed by atoms with van der Waals surface area (Å²) in [4.78, 5) is 5.01. The van der Waals surface area contributed by atoms with Crippen molar-refractivity contribution < 1.29 is 0 Å². The minimum Gasteiger partial charge on any atom is -0.213 e. The first kappa shape index (κ1) is 28.5. The minimum atomic E-state index is 0.111. The molecule has 3 heteroatoms. The summed E-state index contributed by atoms with van der Waals surface area (Å²) in [6.07, 6.45) is 1.85. The van der Waals surface area contributed by atoms with Gasteiger partial charge in [-0.05, 0) is 75.8 Å².